The molecule has 0 fully saturated rings. The highest BCUT2D eigenvalue weighted by Gasteiger charge is 2.38. The molecule has 1 aromatic carbocycles. The van der Waals surface area contributed by atoms with E-state index in [1.807, 2.05) is 20.8 Å². The van der Waals surface area contributed by atoms with Gasteiger partial charge >= 0.3 is 5.97 Å². The van der Waals surface area contributed by atoms with Crippen LogP contribution in [0.25, 0.3) is 0 Å². The summed E-state index contributed by atoms with van der Waals surface area (Å²) in [4.78, 5) is 12.4. The molecule has 0 spiro atoms. The van der Waals surface area contributed by atoms with E-state index < -0.39 is 5.41 Å². The number of rotatable bonds is 5. The maximum Gasteiger partial charge on any atom is 0.311 e. The highest BCUT2D eigenvalue weighted by molar-refractivity contribution is 5.75. The number of esters is 1. The van der Waals surface area contributed by atoms with Crippen molar-refractivity contribution in [3.63, 3.8) is 0 Å². The van der Waals surface area contributed by atoms with E-state index in [0.717, 1.165) is 29.1 Å². The molecule has 0 aromatic heterocycles. The minimum Gasteiger partial charge on any atom is -0.496 e. The third kappa shape index (κ3) is 5.64. The van der Waals surface area contributed by atoms with E-state index in [2.05, 4.69) is 59.8 Å². The Morgan fingerprint density at radius 3 is 1.97 bits per heavy atom. The Morgan fingerprint density at radius 1 is 1.03 bits per heavy atom. The van der Waals surface area contributed by atoms with Crippen LogP contribution in [0.15, 0.2) is 23.8 Å². The summed E-state index contributed by atoms with van der Waals surface area (Å²) in [5, 5.41) is 0. The Kier molecular flexibility index (Phi) is 7.24. The third-order valence-corrected chi connectivity index (χ3v) is 6.65. The van der Waals surface area contributed by atoms with Gasteiger partial charge in [0.15, 0.2) is 0 Å². The molecule has 1 aliphatic carbocycles. The van der Waals surface area contributed by atoms with Crippen LogP contribution in [-0.4, -0.2) is 26.8 Å². The highest BCUT2D eigenvalue weighted by atomic mass is 16.5. The van der Waals surface area contributed by atoms with Crippen LogP contribution in [0.1, 0.15) is 85.8 Å². The molecule has 2 atom stereocenters. The Hall–Kier alpha value is -1.97. The monoisotopic (exact) mass is 430 g/mol. The fraction of sp³-hybridized carbons (Fsp3) is 0.667. The third-order valence-electron chi connectivity index (χ3n) is 6.65. The van der Waals surface area contributed by atoms with Gasteiger partial charge in [-0.05, 0) is 67.2 Å². The van der Waals surface area contributed by atoms with Crippen molar-refractivity contribution < 1.29 is 19.0 Å². The molecule has 0 aliphatic heterocycles. The fourth-order valence-corrected chi connectivity index (χ4v) is 4.17. The van der Waals surface area contributed by atoms with Crippen molar-refractivity contribution in [2.24, 2.45) is 16.7 Å². The van der Waals surface area contributed by atoms with E-state index in [-0.39, 0.29) is 22.7 Å². The molecule has 31 heavy (non-hydrogen) atoms. The summed E-state index contributed by atoms with van der Waals surface area (Å²) in [5.74, 6) is 1.95. The first-order valence-corrected chi connectivity index (χ1v) is 11.3. The average molecular weight is 431 g/mol. The summed E-state index contributed by atoms with van der Waals surface area (Å²) in [6.07, 6.45) is 3.23. The molecule has 0 radical (unpaired) electrons. The van der Waals surface area contributed by atoms with Gasteiger partial charge in [-0.25, -0.2) is 0 Å². The Bertz CT molecular complexity index is 809. The van der Waals surface area contributed by atoms with Crippen LogP contribution in [0.5, 0.6) is 11.5 Å². The molecule has 4 heteroatoms. The lowest BCUT2D eigenvalue weighted by Crippen LogP contribution is -2.33. The average Bonchev–Trinajstić information content (AvgIpc) is 2.65. The second-order valence-electron chi connectivity index (χ2n) is 11.6. The summed E-state index contributed by atoms with van der Waals surface area (Å²) >= 11 is 0. The van der Waals surface area contributed by atoms with Crippen LogP contribution in [0.2, 0.25) is 0 Å². The highest BCUT2D eigenvalue weighted by Crippen LogP contribution is 2.51. The van der Waals surface area contributed by atoms with Gasteiger partial charge < -0.3 is 14.2 Å². The molecule has 1 aromatic rings. The van der Waals surface area contributed by atoms with Crippen LogP contribution in [0.3, 0.4) is 0 Å². The van der Waals surface area contributed by atoms with Crippen LogP contribution in [0, 0.1) is 16.7 Å². The van der Waals surface area contributed by atoms with E-state index >= 15 is 0 Å². The maximum absolute atomic E-state index is 12.4. The van der Waals surface area contributed by atoms with Crippen molar-refractivity contribution in [2.75, 3.05) is 20.8 Å². The van der Waals surface area contributed by atoms with Crippen LogP contribution < -0.4 is 9.47 Å². The van der Waals surface area contributed by atoms with Gasteiger partial charge in [-0.15, -0.1) is 0 Å². The predicted octanol–water partition coefficient (Wildman–Crippen LogP) is 6.67. The summed E-state index contributed by atoms with van der Waals surface area (Å²) < 4.78 is 17.4. The quantitative estimate of drug-likeness (QED) is 0.387. The van der Waals surface area contributed by atoms with Crippen LogP contribution in [0.4, 0.5) is 0 Å². The maximum atomic E-state index is 12.4. The van der Waals surface area contributed by atoms with Crippen molar-refractivity contribution >= 4 is 5.97 Å². The van der Waals surface area contributed by atoms with Gasteiger partial charge in [-0.1, -0.05) is 47.6 Å². The summed E-state index contributed by atoms with van der Waals surface area (Å²) in [7, 11) is 3.44. The van der Waals surface area contributed by atoms with Crippen molar-refractivity contribution in [1.29, 1.82) is 0 Å². The predicted molar refractivity (Wildman–Crippen MR) is 127 cm³/mol. The first-order chi connectivity index (χ1) is 14.1. The molecular weight excluding hydrogens is 388 g/mol. The molecule has 1 aliphatic rings. The van der Waals surface area contributed by atoms with Gasteiger partial charge in [-0.2, -0.15) is 0 Å². The molecule has 0 N–H and O–H groups in total. The van der Waals surface area contributed by atoms with E-state index in [1.54, 1.807) is 14.2 Å². The van der Waals surface area contributed by atoms with E-state index in [1.165, 1.54) is 5.56 Å². The van der Waals surface area contributed by atoms with E-state index in [9.17, 15) is 4.79 Å². The van der Waals surface area contributed by atoms with Crippen molar-refractivity contribution in [3.8, 4) is 11.5 Å². The van der Waals surface area contributed by atoms with Gasteiger partial charge in [0.25, 0.3) is 0 Å². The van der Waals surface area contributed by atoms with Crippen LogP contribution in [-0.2, 0) is 14.9 Å². The number of benzene rings is 1. The lowest BCUT2D eigenvalue weighted by molar-refractivity contribution is -0.152. The molecule has 0 amide bonds. The number of hydrogen-bond acceptors (Lipinski definition) is 4. The SMILES string of the molecule is COc1cc(C(C)(C)C)cc(OC)c1C1C=C(COC(=O)C(C)(C)C)[C@@H](C)C(C)(C)C1. The Labute approximate surface area is 189 Å². The number of allylic oxidation sites excluding steroid dienone is 1. The molecule has 0 bridgehead atoms. The van der Waals surface area contributed by atoms with E-state index in [0.29, 0.717) is 12.5 Å². The van der Waals surface area contributed by atoms with Gasteiger partial charge in [0, 0.05) is 11.5 Å². The molecule has 1 unspecified atom stereocenters. The summed E-state index contributed by atoms with van der Waals surface area (Å²) in [6, 6.07) is 4.27. The lowest BCUT2D eigenvalue weighted by Gasteiger charge is -2.41. The molecule has 0 heterocycles. The molecule has 174 valence electrons. The molecule has 0 saturated heterocycles. The standard InChI is InChI=1S/C27H42O4/c1-17-19(16-31-24(28)26(5,6)7)12-18(15-27(17,8)9)23-21(29-10)13-20(25(2,3)4)14-22(23)30-11/h12-14,17-18H,15-16H2,1-11H3/t17-,18?/m1/s1. The first kappa shape index (κ1) is 25.3. The number of ether oxygens (including phenoxy) is 3. The Morgan fingerprint density at radius 2 is 1.55 bits per heavy atom. The van der Waals surface area contributed by atoms with E-state index in [4.69, 9.17) is 14.2 Å². The number of hydrogen-bond donors (Lipinski definition) is 0. The van der Waals surface area contributed by atoms with Crippen molar-refractivity contribution in [2.45, 2.75) is 80.1 Å². The largest absolute Gasteiger partial charge is 0.496 e. The zero-order chi connectivity index (χ0) is 23.8. The van der Waals surface area contributed by atoms with Gasteiger partial charge in [0.1, 0.15) is 18.1 Å². The second kappa shape index (κ2) is 8.88. The number of carbonyl (C=O) groups is 1. The lowest BCUT2D eigenvalue weighted by atomic mass is 9.64. The molecular formula is C27H42O4. The van der Waals surface area contributed by atoms with Gasteiger partial charge in [0.2, 0.25) is 0 Å². The zero-order valence-electron chi connectivity index (χ0n) is 21.4. The fourth-order valence-electron chi connectivity index (χ4n) is 4.17. The molecule has 0 saturated carbocycles. The minimum atomic E-state index is -0.511. The van der Waals surface area contributed by atoms with Crippen LogP contribution >= 0.6 is 0 Å². The van der Waals surface area contributed by atoms with Gasteiger partial charge in [0.05, 0.1) is 19.6 Å². The second-order valence-corrected chi connectivity index (χ2v) is 11.6. The zero-order valence-corrected chi connectivity index (χ0v) is 21.4. The van der Waals surface area contributed by atoms with Gasteiger partial charge in [-0.3, -0.25) is 4.79 Å². The molecule has 4 nitrogen and oxygen atoms in total. The topological polar surface area (TPSA) is 44.8 Å². The Balaban J connectivity index is 2.53. The van der Waals surface area contributed by atoms with Crippen molar-refractivity contribution in [1.82, 2.24) is 0 Å². The minimum absolute atomic E-state index is 0.0123. The van der Waals surface area contributed by atoms with Crippen molar-refractivity contribution in [3.05, 3.63) is 34.9 Å². The number of carbonyl (C=O) groups excluding carboxylic acids is 1. The summed E-state index contributed by atoms with van der Waals surface area (Å²) in [6.45, 7) is 19.3. The first-order valence-electron chi connectivity index (χ1n) is 11.3. The molecule has 2 rings (SSSR count). The summed E-state index contributed by atoms with van der Waals surface area (Å²) in [5.41, 5.74) is 2.92. The smallest absolute Gasteiger partial charge is 0.311 e. The normalized spacial score (nSPS) is 21.3. The number of methoxy groups -OCH3 is 2.